The van der Waals surface area contributed by atoms with Gasteiger partial charge in [-0.15, -0.1) is 0 Å². The summed E-state index contributed by atoms with van der Waals surface area (Å²) >= 11 is 0. The van der Waals surface area contributed by atoms with E-state index in [-0.39, 0.29) is 39.0 Å². The molecule has 0 aromatic carbocycles. The Labute approximate surface area is 89.4 Å². The molecule has 0 saturated heterocycles. The average molecular weight is 316 g/mol. The third kappa shape index (κ3) is 7.10. The average Bonchev–Trinajstić information content (AvgIpc) is 1.62. The molecule has 0 amide bonds. The Morgan fingerprint density at radius 2 is 1.00 bits per heavy atom. The van der Waals surface area contributed by atoms with E-state index >= 15 is 0 Å². The van der Waals surface area contributed by atoms with Gasteiger partial charge in [0.1, 0.15) is 0 Å². The number of hydrogen-bond donors (Lipinski definition) is 0. The van der Waals surface area contributed by atoms with E-state index in [2.05, 4.69) is 12.2 Å². The molecular weight excluding hydrogens is 302 g/mol. The summed E-state index contributed by atoms with van der Waals surface area (Å²) in [5, 5.41) is 0. The predicted molar refractivity (Wildman–Crippen MR) is 36.8 cm³/mol. The molecule has 0 saturated carbocycles. The molecule has 0 bridgehead atoms. The molecule has 2 radical (unpaired) electrons. The number of allylic oxidation sites excluding steroid dienone is 2. The molecular formula is C8H14Rh2. The summed E-state index contributed by atoms with van der Waals surface area (Å²) in [6, 6.07) is 0. The van der Waals surface area contributed by atoms with Gasteiger partial charge in [0, 0.05) is 39.0 Å². The SMILES string of the molecule is C1=CCCCCCC1.[Rh].[Rh]. The summed E-state index contributed by atoms with van der Waals surface area (Å²) in [4.78, 5) is 0. The molecule has 2 heteroatoms. The van der Waals surface area contributed by atoms with Gasteiger partial charge in [-0.1, -0.05) is 25.0 Å². The molecule has 1 aliphatic carbocycles. The summed E-state index contributed by atoms with van der Waals surface area (Å²) in [5.41, 5.74) is 0. The molecule has 0 atom stereocenters. The molecule has 1 aliphatic rings. The Morgan fingerprint density at radius 1 is 0.600 bits per heavy atom. The van der Waals surface area contributed by atoms with Gasteiger partial charge in [0.15, 0.2) is 0 Å². The van der Waals surface area contributed by atoms with E-state index in [4.69, 9.17) is 0 Å². The fourth-order valence-electron chi connectivity index (χ4n) is 1.11. The van der Waals surface area contributed by atoms with Crippen LogP contribution in [0, 0.1) is 0 Å². The minimum atomic E-state index is 0. The maximum atomic E-state index is 2.32. The van der Waals surface area contributed by atoms with E-state index in [9.17, 15) is 0 Å². The van der Waals surface area contributed by atoms with Crippen LogP contribution in [0.1, 0.15) is 38.5 Å². The van der Waals surface area contributed by atoms with Crippen molar-refractivity contribution in [1.29, 1.82) is 0 Å². The van der Waals surface area contributed by atoms with Gasteiger partial charge in [0.05, 0.1) is 0 Å². The van der Waals surface area contributed by atoms with E-state index < -0.39 is 0 Å². The Morgan fingerprint density at radius 3 is 1.40 bits per heavy atom. The second-order valence-corrected chi connectivity index (χ2v) is 2.46. The van der Waals surface area contributed by atoms with Gasteiger partial charge in [-0.2, -0.15) is 0 Å². The van der Waals surface area contributed by atoms with Crippen molar-refractivity contribution in [2.45, 2.75) is 38.5 Å². The van der Waals surface area contributed by atoms with Crippen LogP contribution >= 0.6 is 0 Å². The van der Waals surface area contributed by atoms with Crippen LogP contribution in [0.2, 0.25) is 0 Å². The molecule has 1 rings (SSSR count). The van der Waals surface area contributed by atoms with Crippen LogP contribution < -0.4 is 0 Å². The normalized spacial score (nSPS) is 17.6. The van der Waals surface area contributed by atoms with Crippen LogP contribution in [0.25, 0.3) is 0 Å². The zero-order valence-electron chi connectivity index (χ0n) is 6.06. The maximum absolute atomic E-state index is 2.32. The van der Waals surface area contributed by atoms with Crippen molar-refractivity contribution in [1.82, 2.24) is 0 Å². The van der Waals surface area contributed by atoms with E-state index in [0.29, 0.717) is 0 Å². The molecule has 0 spiro atoms. The second-order valence-electron chi connectivity index (χ2n) is 2.46. The summed E-state index contributed by atoms with van der Waals surface area (Å²) in [5.74, 6) is 0. The fourth-order valence-corrected chi connectivity index (χ4v) is 1.11. The van der Waals surface area contributed by atoms with Gasteiger partial charge in [0.2, 0.25) is 0 Å². The van der Waals surface area contributed by atoms with Crippen LogP contribution in [0.5, 0.6) is 0 Å². The van der Waals surface area contributed by atoms with E-state index in [1.54, 1.807) is 0 Å². The Kier molecular flexibility index (Phi) is 13.5. The first-order valence-electron chi connectivity index (χ1n) is 3.65. The van der Waals surface area contributed by atoms with Gasteiger partial charge >= 0.3 is 0 Å². The Balaban J connectivity index is 0. The first-order valence-corrected chi connectivity index (χ1v) is 3.65. The predicted octanol–water partition coefficient (Wildman–Crippen LogP) is 2.89. The van der Waals surface area contributed by atoms with Crippen molar-refractivity contribution in [2.24, 2.45) is 0 Å². The molecule has 0 N–H and O–H groups in total. The molecule has 0 aromatic rings. The molecule has 0 aromatic heterocycles. The summed E-state index contributed by atoms with van der Waals surface area (Å²) in [6.45, 7) is 0. The Bertz CT molecular complexity index is 69.3. The molecule has 64 valence electrons. The number of hydrogen-bond acceptors (Lipinski definition) is 0. The monoisotopic (exact) mass is 316 g/mol. The zero-order chi connectivity index (χ0) is 5.66. The van der Waals surface area contributed by atoms with Crippen LogP contribution in [-0.2, 0) is 39.0 Å². The summed E-state index contributed by atoms with van der Waals surface area (Å²) in [6.07, 6.45) is 13.0. The summed E-state index contributed by atoms with van der Waals surface area (Å²) < 4.78 is 0. The van der Waals surface area contributed by atoms with Gasteiger partial charge in [0.25, 0.3) is 0 Å². The molecule has 0 fully saturated rings. The first kappa shape index (κ1) is 13.6. The zero-order valence-corrected chi connectivity index (χ0v) is 9.34. The van der Waals surface area contributed by atoms with E-state index in [1.807, 2.05) is 0 Å². The Hall–Kier alpha value is 0.987. The van der Waals surface area contributed by atoms with E-state index in [1.165, 1.54) is 38.5 Å². The second kappa shape index (κ2) is 9.99. The topological polar surface area (TPSA) is 0 Å². The quantitative estimate of drug-likeness (QED) is 0.476. The van der Waals surface area contributed by atoms with Crippen molar-refractivity contribution in [3.63, 3.8) is 0 Å². The van der Waals surface area contributed by atoms with Crippen molar-refractivity contribution in [2.75, 3.05) is 0 Å². The minimum Gasteiger partial charge on any atom is -0.0885 e. The third-order valence-corrected chi connectivity index (χ3v) is 1.66. The molecule has 0 heterocycles. The molecule has 0 unspecified atom stereocenters. The smallest absolute Gasteiger partial charge is 0 e. The van der Waals surface area contributed by atoms with Gasteiger partial charge in [-0.05, 0) is 25.7 Å². The third-order valence-electron chi connectivity index (χ3n) is 1.66. The van der Waals surface area contributed by atoms with Gasteiger partial charge in [-0.25, -0.2) is 0 Å². The molecule has 10 heavy (non-hydrogen) atoms. The first-order chi connectivity index (χ1) is 4.00. The van der Waals surface area contributed by atoms with Crippen molar-refractivity contribution >= 4 is 0 Å². The van der Waals surface area contributed by atoms with E-state index in [0.717, 1.165) is 0 Å². The van der Waals surface area contributed by atoms with Crippen LogP contribution in [0.4, 0.5) is 0 Å². The van der Waals surface area contributed by atoms with Crippen molar-refractivity contribution in [3.05, 3.63) is 12.2 Å². The van der Waals surface area contributed by atoms with Crippen LogP contribution in [0.15, 0.2) is 12.2 Å². The van der Waals surface area contributed by atoms with Crippen LogP contribution in [-0.4, -0.2) is 0 Å². The summed E-state index contributed by atoms with van der Waals surface area (Å²) in [7, 11) is 0. The number of rotatable bonds is 0. The van der Waals surface area contributed by atoms with Gasteiger partial charge in [-0.3, -0.25) is 0 Å². The van der Waals surface area contributed by atoms with Crippen molar-refractivity contribution in [3.8, 4) is 0 Å². The van der Waals surface area contributed by atoms with Crippen LogP contribution in [0.3, 0.4) is 0 Å². The fraction of sp³-hybridized carbons (Fsp3) is 0.750. The molecule has 0 nitrogen and oxygen atoms in total. The maximum Gasteiger partial charge on any atom is 0 e. The molecule has 0 aliphatic heterocycles. The van der Waals surface area contributed by atoms with Gasteiger partial charge < -0.3 is 0 Å². The minimum absolute atomic E-state index is 0. The largest absolute Gasteiger partial charge is 0.0885 e. The van der Waals surface area contributed by atoms with Crippen molar-refractivity contribution < 1.29 is 39.0 Å². The standard InChI is InChI=1S/C8H14.2Rh/c1-2-4-6-8-7-5-3-1;;/h1-2H,3-8H2;;.